The van der Waals surface area contributed by atoms with E-state index in [4.69, 9.17) is 11.6 Å². The number of carbonyl (C=O) groups excluding carboxylic acids is 2. The summed E-state index contributed by atoms with van der Waals surface area (Å²) in [4.78, 5) is 22.7. The van der Waals surface area contributed by atoms with Gasteiger partial charge >= 0.3 is 5.97 Å². The van der Waals surface area contributed by atoms with Crippen molar-refractivity contribution >= 4 is 39.3 Å². The van der Waals surface area contributed by atoms with Gasteiger partial charge in [-0.05, 0) is 17.2 Å². The van der Waals surface area contributed by atoms with Gasteiger partial charge in [0, 0.05) is 12.3 Å². The fraction of sp³-hybridized carbons (Fsp3) is 0.333. The van der Waals surface area contributed by atoms with Crippen molar-refractivity contribution in [1.82, 2.24) is 0 Å². The number of Topliss-reactive ketones (excluding diaryl/α,β-unsaturated/α-hetero) is 1. The highest BCUT2D eigenvalue weighted by molar-refractivity contribution is 9.09. The molecule has 0 aromatic heterocycles. The summed E-state index contributed by atoms with van der Waals surface area (Å²) in [5.41, 5.74) is 1.97. The van der Waals surface area contributed by atoms with Crippen LogP contribution in [0.15, 0.2) is 18.2 Å². The molecule has 1 aromatic carbocycles. The molecule has 1 rings (SSSR count). The minimum absolute atomic E-state index is 0.0799. The smallest absolute Gasteiger partial charge is 0.338 e. The van der Waals surface area contributed by atoms with Crippen LogP contribution in [0.5, 0.6) is 0 Å². The number of halogens is 2. The average Bonchev–Trinajstić information content (AvgIpc) is 2.37. The van der Waals surface area contributed by atoms with Crippen LogP contribution >= 0.6 is 27.5 Å². The van der Waals surface area contributed by atoms with Crippen LogP contribution in [0.2, 0.25) is 0 Å². The third-order valence-electron chi connectivity index (χ3n) is 2.27. The highest BCUT2D eigenvalue weighted by Crippen LogP contribution is 2.16. The van der Waals surface area contributed by atoms with Crippen molar-refractivity contribution in [2.75, 3.05) is 12.4 Å². The fourth-order valence-corrected chi connectivity index (χ4v) is 1.87. The van der Waals surface area contributed by atoms with E-state index < -0.39 is 5.97 Å². The number of ether oxygens (including phenoxy) is 1. The van der Waals surface area contributed by atoms with Gasteiger partial charge in [0.15, 0.2) is 0 Å². The summed E-state index contributed by atoms with van der Waals surface area (Å²) in [5, 5.41) is 0.321. The molecule has 17 heavy (non-hydrogen) atoms. The Bertz CT molecular complexity index is 432. The third kappa shape index (κ3) is 3.82. The Labute approximate surface area is 113 Å². The van der Waals surface area contributed by atoms with Crippen molar-refractivity contribution < 1.29 is 14.3 Å². The van der Waals surface area contributed by atoms with Crippen molar-refractivity contribution in [2.45, 2.75) is 12.3 Å². The zero-order valence-corrected chi connectivity index (χ0v) is 11.7. The second-order valence-electron chi connectivity index (χ2n) is 3.47. The van der Waals surface area contributed by atoms with Crippen LogP contribution in [0.1, 0.15) is 21.5 Å². The van der Waals surface area contributed by atoms with E-state index in [1.54, 1.807) is 18.2 Å². The molecule has 0 aliphatic heterocycles. The highest BCUT2D eigenvalue weighted by atomic mass is 79.9. The predicted octanol–water partition coefficient (Wildman–Crippen LogP) is 2.72. The Kier molecular flexibility index (Phi) is 5.65. The van der Waals surface area contributed by atoms with E-state index >= 15 is 0 Å². The Morgan fingerprint density at radius 2 is 2.12 bits per heavy atom. The van der Waals surface area contributed by atoms with Crippen LogP contribution in [0.3, 0.4) is 0 Å². The molecule has 0 heterocycles. The Hall–Kier alpha value is -0.870. The largest absolute Gasteiger partial charge is 0.465 e. The molecule has 0 unspecified atom stereocenters. The van der Waals surface area contributed by atoms with Crippen molar-refractivity contribution in [2.24, 2.45) is 0 Å². The van der Waals surface area contributed by atoms with Gasteiger partial charge in [0.1, 0.15) is 5.78 Å². The van der Waals surface area contributed by atoms with Crippen molar-refractivity contribution in [3.8, 4) is 0 Å². The molecular weight excluding hydrogens is 307 g/mol. The molecule has 5 heteroatoms. The second-order valence-corrected chi connectivity index (χ2v) is 4.29. The van der Waals surface area contributed by atoms with Crippen molar-refractivity contribution in [3.05, 3.63) is 34.9 Å². The number of hydrogen-bond donors (Lipinski definition) is 0. The SMILES string of the molecule is COC(=O)c1ccc(CC(=O)CBr)cc1CCl. The molecule has 0 atom stereocenters. The van der Waals surface area contributed by atoms with Crippen molar-refractivity contribution in [1.29, 1.82) is 0 Å². The van der Waals surface area contributed by atoms with E-state index in [2.05, 4.69) is 20.7 Å². The molecule has 0 saturated carbocycles. The summed E-state index contributed by atoms with van der Waals surface area (Å²) in [6.45, 7) is 0. The Balaban J connectivity index is 3.00. The van der Waals surface area contributed by atoms with Gasteiger partial charge in [0.2, 0.25) is 0 Å². The van der Waals surface area contributed by atoms with Gasteiger partial charge in [-0.2, -0.15) is 0 Å². The zero-order chi connectivity index (χ0) is 12.8. The van der Waals surface area contributed by atoms with E-state index in [-0.39, 0.29) is 11.7 Å². The predicted molar refractivity (Wildman–Crippen MR) is 69.8 cm³/mol. The first-order valence-electron chi connectivity index (χ1n) is 4.96. The zero-order valence-electron chi connectivity index (χ0n) is 9.33. The maximum absolute atomic E-state index is 11.4. The molecule has 3 nitrogen and oxygen atoms in total. The quantitative estimate of drug-likeness (QED) is 0.619. The minimum atomic E-state index is -0.418. The number of ketones is 1. The monoisotopic (exact) mass is 318 g/mol. The van der Waals surface area contributed by atoms with Crippen LogP contribution < -0.4 is 0 Å². The van der Waals surface area contributed by atoms with Crippen LogP contribution in [0.4, 0.5) is 0 Å². The highest BCUT2D eigenvalue weighted by Gasteiger charge is 2.12. The number of hydrogen-bond acceptors (Lipinski definition) is 3. The summed E-state index contributed by atoms with van der Waals surface area (Å²) in [7, 11) is 1.32. The summed E-state index contributed by atoms with van der Waals surface area (Å²) in [6.07, 6.45) is 0.330. The van der Waals surface area contributed by atoms with Gasteiger partial charge in [-0.25, -0.2) is 4.79 Å². The second kappa shape index (κ2) is 6.77. The fourth-order valence-electron chi connectivity index (χ4n) is 1.45. The number of rotatable bonds is 5. The maximum Gasteiger partial charge on any atom is 0.338 e. The van der Waals surface area contributed by atoms with E-state index in [1.807, 2.05) is 0 Å². The van der Waals surface area contributed by atoms with E-state index in [0.717, 1.165) is 5.56 Å². The number of esters is 1. The van der Waals surface area contributed by atoms with E-state index in [9.17, 15) is 9.59 Å². The summed E-state index contributed by atoms with van der Waals surface area (Å²) < 4.78 is 4.65. The van der Waals surface area contributed by atoms with E-state index in [0.29, 0.717) is 22.9 Å². The van der Waals surface area contributed by atoms with Gasteiger partial charge < -0.3 is 4.74 Å². The lowest BCUT2D eigenvalue weighted by molar-refractivity contribution is -0.115. The summed E-state index contributed by atoms with van der Waals surface area (Å²) in [5.74, 6) is -0.129. The first-order valence-corrected chi connectivity index (χ1v) is 6.61. The Morgan fingerprint density at radius 3 is 2.65 bits per heavy atom. The number of carbonyl (C=O) groups is 2. The normalized spacial score (nSPS) is 10.1. The van der Waals surface area contributed by atoms with Gasteiger partial charge in [-0.1, -0.05) is 28.1 Å². The molecule has 92 valence electrons. The lowest BCUT2D eigenvalue weighted by atomic mass is 10.0. The molecule has 0 aliphatic rings. The molecular formula is C12H12BrClO3. The molecule has 0 bridgehead atoms. The van der Waals surface area contributed by atoms with Crippen molar-refractivity contribution in [3.63, 3.8) is 0 Å². The molecule has 0 fully saturated rings. The molecule has 0 aliphatic carbocycles. The number of methoxy groups -OCH3 is 1. The van der Waals surface area contributed by atoms with Gasteiger partial charge in [0.25, 0.3) is 0 Å². The number of alkyl halides is 2. The average molecular weight is 320 g/mol. The molecule has 0 amide bonds. The molecule has 1 aromatic rings. The lowest BCUT2D eigenvalue weighted by Gasteiger charge is -2.07. The topological polar surface area (TPSA) is 43.4 Å². The van der Waals surface area contributed by atoms with Gasteiger partial charge in [0.05, 0.1) is 18.0 Å². The minimum Gasteiger partial charge on any atom is -0.465 e. The first-order chi connectivity index (χ1) is 8.12. The molecule has 0 radical (unpaired) electrons. The molecule has 0 spiro atoms. The van der Waals surface area contributed by atoms with Crippen LogP contribution in [0, 0.1) is 0 Å². The molecule has 0 saturated heterocycles. The third-order valence-corrected chi connectivity index (χ3v) is 3.18. The summed E-state index contributed by atoms with van der Waals surface area (Å²) >= 11 is 8.88. The Morgan fingerprint density at radius 1 is 1.41 bits per heavy atom. The number of benzene rings is 1. The lowest BCUT2D eigenvalue weighted by Crippen LogP contribution is -2.08. The van der Waals surface area contributed by atoms with E-state index in [1.165, 1.54) is 7.11 Å². The first kappa shape index (κ1) is 14.2. The van der Waals surface area contributed by atoms with Crippen LogP contribution in [-0.4, -0.2) is 24.2 Å². The maximum atomic E-state index is 11.4. The molecule has 0 N–H and O–H groups in total. The van der Waals surface area contributed by atoms with Gasteiger partial charge in [-0.15, -0.1) is 11.6 Å². The van der Waals surface area contributed by atoms with Gasteiger partial charge in [-0.3, -0.25) is 4.79 Å². The van der Waals surface area contributed by atoms with Crippen LogP contribution in [0.25, 0.3) is 0 Å². The summed E-state index contributed by atoms with van der Waals surface area (Å²) in [6, 6.07) is 5.14. The van der Waals surface area contributed by atoms with Crippen LogP contribution in [-0.2, 0) is 21.8 Å². The standard InChI is InChI=1S/C12H12BrClO3/c1-17-12(16)11-3-2-8(4-9(11)7-14)5-10(15)6-13/h2-4H,5-7H2,1H3.